The lowest BCUT2D eigenvalue weighted by molar-refractivity contribution is 0.102. The molecule has 0 unspecified atom stereocenters. The number of nitrogens with one attached hydrogen (secondary N) is 1. The molecular formula is C20H22N4O3S2. The van der Waals surface area contributed by atoms with Crippen molar-refractivity contribution in [3.05, 3.63) is 64.0 Å². The first-order chi connectivity index (χ1) is 13.9. The number of hydrogen-bond acceptors (Lipinski definition) is 5. The van der Waals surface area contributed by atoms with Gasteiger partial charge in [-0.25, -0.2) is 13.1 Å². The molecular weight excluding hydrogens is 408 g/mol. The molecule has 1 saturated heterocycles. The molecule has 1 amide bonds. The quantitative estimate of drug-likeness (QED) is 0.650. The van der Waals surface area contributed by atoms with Gasteiger partial charge in [-0.2, -0.15) is 9.40 Å². The zero-order chi connectivity index (χ0) is 20.4. The van der Waals surface area contributed by atoms with Gasteiger partial charge >= 0.3 is 0 Å². The molecule has 1 N–H and O–H groups in total. The van der Waals surface area contributed by atoms with E-state index in [1.54, 1.807) is 22.3 Å². The van der Waals surface area contributed by atoms with Crippen LogP contribution < -0.4 is 5.32 Å². The monoisotopic (exact) mass is 430 g/mol. The summed E-state index contributed by atoms with van der Waals surface area (Å²) in [6, 6.07) is 11.3. The molecule has 0 bridgehead atoms. The van der Waals surface area contributed by atoms with Gasteiger partial charge in [0.15, 0.2) is 0 Å². The van der Waals surface area contributed by atoms with Crippen molar-refractivity contribution in [3.63, 3.8) is 0 Å². The number of carbonyl (C=O) groups is 1. The standard InChI is InChI=1S/C20H22N4O3S2/c1-15-4-6-16(7-5-15)14-24-18(8-10-21-24)22-20(25)19-17(9-13-28-19)29(26,27)23-11-2-3-12-23/h4-10,13H,2-3,11-12,14H2,1H3,(H,22,25). The van der Waals surface area contributed by atoms with Crippen LogP contribution in [-0.2, 0) is 16.6 Å². The molecule has 1 fully saturated rings. The van der Waals surface area contributed by atoms with Gasteiger partial charge in [0.05, 0.1) is 12.7 Å². The van der Waals surface area contributed by atoms with Crippen LogP contribution in [0.1, 0.15) is 33.6 Å². The molecule has 1 aliphatic heterocycles. The summed E-state index contributed by atoms with van der Waals surface area (Å²) in [6.45, 7) is 3.54. The summed E-state index contributed by atoms with van der Waals surface area (Å²) in [6.07, 6.45) is 3.31. The average molecular weight is 431 g/mol. The van der Waals surface area contributed by atoms with E-state index in [9.17, 15) is 13.2 Å². The van der Waals surface area contributed by atoms with Crippen LogP contribution in [0, 0.1) is 6.92 Å². The first-order valence-electron chi connectivity index (χ1n) is 9.41. The molecule has 1 aromatic carbocycles. The fraction of sp³-hybridized carbons (Fsp3) is 0.300. The summed E-state index contributed by atoms with van der Waals surface area (Å²) in [5, 5.41) is 8.74. The lowest BCUT2D eigenvalue weighted by atomic mass is 10.1. The van der Waals surface area contributed by atoms with Crippen LogP contribution in [0.4, 0.5) is 5.82 Å². The van der Waals surface area contributed by atoms with Gasteiger partial charge in [-0.15, -0.1) is 11.3 Å². The lowest BCUT2D eigenvalue weighted by Crippen LogP contribution is -2.29. The molecule has 0 saturated carbocycles. The molecule has 3 heterocycles. The maximum atomic E-state index is 12.9. The Morgan fingerprint density at radius 1 is 1.14 bits per heavy atom. The summed E-state index contributed by atoms with van der Waals surface area (Å²) in [5.41, 5.74) is 2.23. The summed E-state index contributed by atoms with van der Waals surface area (Å²) < 4.78 is 28.9. The van der Waals surface area contributed by atoms with Gasteiger partial charge in [0.1, 0.15) is 15.6 Å². The Morgan fingerprint density at radius 3 is 2.59 bits per heavy atom. The van der Waals surface area contributed by atoms with Crippen molar-refractivity contribution in [2.24, 2.45) is 0 Å². The molecule has 29 heavy (non-hydrogen) atoms. The zero-order valence-electron chi connectivity index (χ0n) is 16.0. The van der Waals surface area contributed by atoms with E-state index in [1.165, 1.54) is 15.9 Å². The molecule has 3 aromatic rings. The molecule has 1 aliphatic rings. The van der Waals surface area contributed by atoms with Crippen molar-refractivity contribution in [1.82, 2.24) is 14.1 Å². The van der Waals surface area contributed by atoms with Crippen LogP contribution in [-0.4, -0.2) is 41.5 Å². The zero-order valence-corrected chi connectivity index (χ0v) is 17.7. The predicted molar refractivity (Wildman–Crippen MR) is 113 cm³/mol. The molecule has 4 rings (SSSR count). The Hall–Kier alpha value is -2.49. The van der Waals surface area contributed by atoms with Crippen molar-refractivity contribution < 1.29 is 13.2 Å². The van der Waals surface area contributed by atoms with E-state index in [0.717, 1.165) is 29.7 Å². The summed E-state index contributed by atoms with van der Waals surface area (Å²) in [7, 11) is -3.65. The topological polar surface area (TPSA) is 84.3 Å². The van der Waals surface area contributed by atoms with E-state index in [-0.39, 0.29) is 9.77 Å². The van der Waals surface area contributed by atoms with E-state index in [4.69, 9.17) is 0 Å². The number of amides is 1. The van der Waals surface area contributed by atoms with Crippen LogP contribution in [0.2, 0.25) is 0 Å². The summed E-state index contributed by atoms with van der Waals surface area (Å²) >= 11 is 1.13. The molecule has 0 spiro atoms. The second-order valence-corrected chi connectivity index (χ2v) is 9.86. The third-order valence-corrected chi connectivity index (χ3v) is 7.91. The lowest BCUT2D eigenvalue weighted by Gasteiger charge is -2.15. The number of benzene rings is 1. The number of hydrogen-bond donors (Lipinski definition) is 1. The third-order valence-electron chi connectivity index (χ3n) is 4.93. The normalized spacial score (nSPS) is 14.9. The van der Waals surface area contributed by atoms with E-state index >= 15 is 0 Å². The highest BCUT2D eigenvalue weighted by Gasteiger charge is 2.32. The average Bonchev–Trinajstić information content (AvgIpc) is 3.46. The Morgan fingerprint density at radius 2 is 1.86 bits per heavy atom. The number of anilines is 1. The number of nitrogens with zero attached hydrogens (tertiary/aromatic N) is 3. The van der Waals surface area contributed by atoms with E-state index in [2.05, 4.69) is 10.4 Å². The largest absolute Gasteiger partial charge is 0.306 e. The van der Waals surface area contributed by atoms with Crippen molar-refractivity contribution in [2.75, 3.05) is 18.4 Å². The van der Waals surface area contributed by atoms with Gasteiger partial charge in [-0.1, -0.05) is 29.8 Å². The van der Waals surface area contributed by atoms with Gasteiger partial charge in [0.2, 0.25) is 10.0 Å². The van der Waals surface area contributed by atoms with Crippen molar-refractivity contribution in [3.8, 4) is 0 Å². The Bertz CT molecular complexity index is 1110. The van der Waals surface area contributed by atoms with Crippen LogP contribution in [0.15, 0.2) is 52.9 Å². The minimum atomic E-state index is -3.65. The van der Waals surface area contributed by atoms with Crippen molar-refractivity contribution in [1.29, 1.82) is 0 Å². The van der Waals surface area contributed by atoms with Crippen LogP contribution >= 0.6 is 11.3 Å². The minimum Gasteiger partial charge on any atom is -0.306 e. The van der Waals surface area contributed by atoms with Crippen molar-refractivity contribution in [2.45, 2.75) is 31.2 Å². The summed E-state index contributed by atoms with van der Waals surface area (Å²) in [5.74, 6) is 0.0805. The Labute approximate surface area is 174 Å². The first kappa shape index (κ1) is 19.8. The second-order valence-electron chi connectivity index (χ2n) is 7.04. The van der Waals surface area contributed by atoms with Gasteiger partial charge in [0.25, 0.3) is 5.91 Å². The van der Waals surface area contributed by atoms with Gasteiger partial charge in [-0.3, -0.25) is 4.79 Å². The first-order valence-corrected chi connectivity index (χ1v) is 11.7. The third kappa shape index (κ3) is 4.12. The van der Waals surface area contributed by atoms with E-state index < -0.39 is 15.9 Å². The van der Waals surface area contributed by atoms with Gasteiger partial charge in [0, 0.05) is 19.2 Å². The number of thiophene rings is 1. The highest BCUT2D eigenvalue weighted by molar-refractivity contribution is 7.89. The number of aryl methyl sites for hydroxylation is 1. The minimum absolute atomic E-state index is 0.0755. The molecule has 0 atom stereocenters. The highest BCUT2D eigenvalue weighted by Crippen LogP contribution is 2.28. The molecule has 7 nitrogen and oxygen atoms in total. The van der Waals surface area contributed by atoms with Gasteiger partial charge in [-0.05, 0) is 36.8 Å². The number of aromatic nitrogens is 2. The number of rotatable bonds is 6. The maximum absolute atomic E-state index is 12.9. The highest BCUT2D eigenvalue weighted by atomic mass is 32.2. The maximum Gasteiger partial charge on any atom is 0.268 e. The van der Waals surface area contributed by atoms with E-state index in [1.807, 2.05) is 31.2 Å². The SMILES string of the molecule is Cc1ccc(Cn2nccc2NC(=O)c2sccc2S(=O)(=O)N2CCCC2)cc1. The van der Waals surface area contributed by atoms with Gasteiger partial charge < -0.3 is 5.32 Å². The fourth-order valence-electron chi connectivity index (χ4n) is 3.34. The Kier molecular flexibility index (Phi) is 5.53. The molecule has 9 heteroatoms. The second kappa shape index (κ2) is 8.10. The Balaban J connectivity index is 1.54. The van der Waals surface area contributed by atoms with E-state index in [0.29, 0.717) is 25.5 Å². The molecule has 2 aromatic heterocycles. The fourth-order valence-corrected chi connectivity index (χ4v) is 6.15. The number of carbonyl (C=O) groups excluding carboxylic acids is 1. The smallest absolute Gasteiger partial charge is 0.268 e. The summed E-state index contributed by atoms with van der Waals surface area (Å²) in [4.78, 5) is 13.1. The van der Waals surface area contributed by atoms with Crippen LogP contribution in [0.25, 0.3) is 0 Å². The van der Waals surface area contributed by atoms with Crippen LogP contribution in [0.5, 0.6) is 0 Å². The molecule has 0 aliphatic carbocycles. The van der Waals surface area contributed by atoms with Crippen molar-refractivity contribution >= 4 is 33.1 Å². The molecule has 0 radical (unpaired) electrons. The predicted octanol–water partition coefficient (Wildman–Crippen LogP) is 3.34. The molecule has 152 valence electrons. The van der Waals surface area contributed by atoms with Crippen LogP contribution in [0.3, 0.4) is 0 Å². The number of sulfonamides is 1.